The van der Waals surface area contributed by atoms with E-state index >= 15 is 0 Å². The molecule has 114 valence electrons. The second-order valence-corrected chi connectivity index (χ2v) is 7.16. The third kappa shape index (κ3) is 5.07. The average Bonchev–Trinajstić information content (AvgIpc) is 2.34. The van der Waals surface area contributed by atoms with Gasteiger partial charge in [-0.2, -0.15) is 0 Å². The summed E-state index contributed by atoms with van der Waals surface area (Å²) in [6.07, 6.45) is 1.83. The van der Waals surface area contributed by atoms with Crippen molar-refractivity contribution >= 4 is 15.7 Å². The molecule has 0 aliphatic rings. The van der Waals surface area contributed by atoms with Crippen molar-refractivity contribution in [2.75, 3.05) is 18.4 Å². The summed E-state index contributed by atoms with van der Waals surface area (Å²) in [4.78, 5) is -0.233. The van der Waals surface area contributed by atoms with E-state index in [4.69, 9.17) is 10.9 Å². The van der Waals surface area contributed by atoms with Crippen molar-refractivity contribution in [3.63, 3.8) is 0 Å². The van der Waals surface area contributed by atoms with Gasteiger partial charge in [0.1, 0.15) is 5.82 Å². The highest BCUT2D eigenvalue weighted by atomic mass is 32.2. The molecule has 1 aromatic carbocycles. The van der Waals surface area contributed by atoms with Crippen LogP contribution in [0.15, 0.2) is 23.1 Å². The van der Waals surface area contributed by atoms with Crippen LogP contribution in [-0.2, 0) is 10.0 Å². The van der Waals surface area contributed by atoms with Crippen molar-refractivity contribution in [3.8, 4) is 0 Å². The van der Waals surface area contributed by atoms with Crippen molar-refractivity contribution in [1.82, 2.24) is 0 Å². The fourth-order valence-corrected chi connectivity index (χ4v) is 2.35. The molecule has 0 aromatic heterocycles. The molecule has 0 fully saturated rings. The summed E-state index contributed by atoms with van der Waals surface area (Å²) in [5.41, 5.74) is 5.71. The smallest absolute Gasteiger partial charge is 0.238 e. The van der Waals surface area contributed by atoms with Crippen LogP contribution in [0.1, 0.15) is 26.7 Å². The Morgan fingerprint density at radius 3 is 2.50 bits per heavy atom. The Morgan fingerprint density at radius 1 is 1.35 bits per heavy atom. The zero-order valence-electron chi connectivity index (χ0n) is 11.8. The predicted octanol–water partition coefficient (Wildman–Crippen LogP) is 1.65. The molecular weight excluding hydrogens is 281 g/mol. The molecule has 0 amide bonds. The molecule has 20 heavy (non-hydrogen) atoms. The summed E-state index contributed by atoms with van der Waals surface area (Å²) < 4.78 is 36.0. The van der Waals surface area contributed by atoms with E-state index in [1.165, 1.54) is 12.1 Å². The maximum atomic E-state index is 13.8. The van der Waals surface area contributed by atoms with Crippen LogP contribution in [0.25, 0.3) is 0 Å². The highest BCUT2D eigenvalue weighted by Gasteiger charge is 2.18. The van der Waals surface area contributed by atoms with Crippen LogP contribution in [0.2, 0.25) is 0 Å². The van der Waals surface area contributed by atoms with Gasteiger partial charge in [0.2, 0.25) is 10.0 Å². The Bertz CT molecular complexity index is 559. The molecule has 0 aliphatic heterocycles. The lowest BCUT2D eigenvalue weighted by Gasteiger charge is -2.25. The number of hydrogen-bond acceptors (Lipinski definition) is 4. The van der Waals surface area contributed by atoms with Gasteiger partial charge in [0.25, 0.3) is 0 Å². The normalized spacial score (nSPS) is 12.4. The summed E-state index contributed by atoms with van der Waals surface area (Å²) in [7, 11) is -3.88. The minimum Gasteiger partial charge on any atom is -0.382 e. The van der Waals surface area contributed by atoms with Crippen LogP contribution in [0.4, 0.5) is 10.1 Å². The Labute approximate surface area is 119 Å². The third-order valence-corrected chi connectivity index (χ3v) is 4.00. The van der Waals surface area contributed by atoms with Gasteiger partial charge in [0.15, 0.2) is 0 Å². The molecule has 5 nitrogen and oxygen atoms in total. The molecule has 5 N–H and O–H groups in total. The van der Waals surface area contributed by atoms with Gasteiger partial charge >= 0.3 is 0 Å². The summed E-state index contributed by atoms with van der Waals surface area (Å²) in [5.74, 6) is -0.633. The molecule has 0 heterocycles. The van der Waals surface area contributed by atoms with Crippen molar-refractivity contribution in [2.24, 2.45) is 16.3 Å². The first-order valence-corrected chi connectivity index (χ1v) is 7.97. The molecule has 0 spiro atoms. The molecular formula is C13H22FN3O2S. The number of nitrogens with one attached hydrogen (secondary N) is 1. The van der Waals surface area contributed by atoms with E-state index in [0.29, 0.717) is 13.1 Å². The zero-order valence-corrected chi connectivity index (χ0v) is 12.6. The maximum Gasteiger partial charge on any atom is 0.238 e. The van der Waals surface area contributed by atoms with Crippen LogP contribution < -0.4 is 16.2 Å². The van der Waals surface area contributed by atoms with Gasteiger partial charge in [-0.1, -0.05) is 13.8 Å². The molecule has 0 radical (unpaired) electrons. The van der Waals surface area contributed by atoms with Gasteiger partial charge in [-0.25, -0.2) is 17.9 Å². The Hall–Kier alpha value is -1.18. The number of anilines is 1. The standard InChI is InChI=1S/C13H22FN3O2S/c1-13(2,6-3-7-15)9-17-12-5-4-10(8-11(12)14)20(16,18)19/h4-5,8,17H,3,6-7,9,15H2,1-2H3,(H2,16,18,19). The van der Waals surface area contributed by atoms with E-state index in [1.807, 2.05) is 0 Å². The maximum absolute atomic E-state index is 13.8. The van der Waals surface area contributed by atoms with Crippen molar-refractivity contribution in [3.05, 3.63) is 24.0 Å². The Balaban J connectivity index is 2.75. The lowest BCUT2D eigenvalue weighted by molar-refractivity contribution is 0.350. The van der Waals surface area contributed by atoms with Crippen LogP contribution in [0, 0.1) is 11.2 Å². The van der Waals surface area contributed by atoms with Crippen LogP contribution >= 0.6 is 0 Å². The van der Waals surface area contributed by atoms with Gasteiger partial charge in [-0.05, 0) is 43.0 Å². The minimum absolute atomic E-state index is 0.0234. The largest absolute Gasteiger partial charge is 0.382 e. The number of halogens is 1. The van der Waals surface area contributed by atoms with E-state index in [9.17, 15) is 12.8 Å². The van der Waals surface area contributed by atoms with Crippen molar-refractivity contribution < 1.29 is 12.8 Å². The third-order valence-electron chi connectivity index (χ3n) is 3.08. The highest BCUT2D eigenvalue weighted by molar-refractivity contribution is 7.89. The van der Waals surface area contributed by atoms with Gasteiger partial charge < -0.3 is 11.1 Å². The first-order valence-electron chi connectivity index (χ1n) is 6.42. The van der Waals surface area contributed by atoms with Gasteiger partial charge in [0, 0.05) is 6.54 Å². The summed E-state index contributed by atoms with van der Waals surface area (Å²) >= 11 is 0. The van der Waals surface area contributed by atoms with Crippen molar-refractivity contribution in [1.29, 1.82) is 0 Å². The summed E-state index contributed by atoms with van der Waals surface area (Å²) in [6.45, 7) is 5.32. The molecule has 1 aromatic rings. The monoisotopic (exact) mass is 303 g/mol. The van der Waals surface area contributed by atoms with Gasteiger partial charge in [0.05, 0.1) is 10.6 Å². The quantitative estimate of drug-likeness (QED) is 0.713. The number of nitrogens with two attached hydrogens (primary N) is 2. The number of primary sulfonamides is 1. The summed E-state index contributed by atoms with van der Waals surface area (Å²) in [5, 5.41) is 7.94. The number of hydrogen-bond donors (Lipinski definition) is 3. The first kappa shape index (κ1) is 16.9. The lowest BCUT2D eigenvalue weighted by Crippen LogP contribution is -2.24. The first-order chi connectivity index (χ1) is 9.15. The molecule has 0 unspecified atom stereocenters. The molecule has 7 heteroatoms. The average molecular weight is 303 g/mol. The molecule has 0 saturated carbocycles. The molecule has 0 saturated heterocycles. The number of benzene rings is 1. The fourth-order valence-electron chi connectivity index (χ4n) is 1.82. The molecule has 0 aliphatic carbocycles. The summed E-state index contributed by atoms with van der Waals surface area (Å²) in [6, 6.07) is 3.59. The number of rotatable bonds is 7. The van der Waals surface area contributed by atoms with Gasteiger partial charge in [-0.3, -0.25) is 0 Å². The van der Waals surface area contributed by atoms with Crippen molar-refractivity contribution in [2.45, 2.75) is 31.6 Å². The van der Waals surface area contributed by atoms with E-state index < -0.39 is 15.8 Å². The van der Waals surface area contributed by atoms with E-state index in [2.05, 4.69) is 19.2 Å². The molecule has 0 atom stereocenters. The Kier molecular flexibility index (Phi) is 5.50. The second kappa shape index (κ2) is 6.51. The van der Waals surface area contributed by atoms with Crippen LogP contribution in [0.3, 0.4) is 0 Å². The zero-order chi connectivity index (χ0) is 15.4. The Morgan fingerprint density at radius 2 is 2.00 bits per heavy atom. The number of sulfonamides is 1. The topological polar surface area (TPSA) is 98.2 Å². The minimum atomic E-state index is -3.88. The van der Waals surface area contributed by atoms with Crippen LogP contribution in [-0.4, -0.2) is 21.5 Å². The second-order valence-electron chi connectivity index (χ2n) is 5.60. The predicted molar refractivity (Wildman–Crippen MR) is 78.3 cm³/mol. The highest BCUT2D eigenvalue weighted by Crippen LogP contribution is 2.24. The lowest BCUT2D eigenvalue weighted by atomic mass is 9.87. The SMILES string of the molecule is CC(C)(CCCN)CNc1ccc(S(N)(=O)=O)cc1F. The van der Waals surface area contributed by atoms with Gasteiger partial charge in [-0.15, -0.1) is 0 Å². The molecule has 1 rings (SSSR count). The van der Waals surface area contributed by atoms with E-state index in [1.54, 1.807) is 0 Å². The fraction of sp³-hybridized carbons (Fsp3) is 0.538. The van der Waals surface area contributed by atoms with E-state index in [-0.39, 0.29) is 16.0 Å². The van der Waals surface area contributed by atoms with Crippen LogP contribution in [0.5, 0.6) is 0 Å². The van der Waals surface area contributed by atoms with E-state index in [0.717, 1.165) is 18.9 Å². The molecule has 0 bridgehead atoms.